The number of hydrogen-bond acceptors (Lipinski definition) is 6. The number of likely N-dealkylation sites (N-methyl/N-ethyl adjacent to an activating group) is 1. The Labute approximate surface area is 218 Å². The number of aliphatic hydroxyl groups is 1. The van der Waals surface area contributed by atoms with Crippen LogP contribution in [-0.2, 0) is 0 Å². The van der Waals surface area contributed by atoms with Crippen LogP contribution in [0, 0.1) is 5.82 Å². The van der Waals surface area contributed by atoms with Crippen molar-refractivity contribution >= 4 is 27.7 Å². The first-order valence-corrected chi connectivity index (χ1v) is 13.0. The normalized spacial score (nSPS) is 18.6. The van der Waals surface area contributed by atoms with Crippen LogP contribution in [0.2, 0.25) is 0 Å². The van der Waals surface area contributed by atoms with Crippen molar-refractivity contribution in [1.29, 1.82) is 0 Å². The highest BCUT2D eigenvalue weighted by molar-refractivity contribution is 9.10. The second-order valence-corrected chi connectivity index (χ2v) is 10.0. The fourth-order valence-corrected chi connectivity index (χ4v) is 4.96. The molecule has 0 unspecified atom stereocenters. The number of amides is 1. The standard InChI is InChI=1S/C27H31BrFN5O2/c1-2-31-14-23(17-4-3-5-19(28)12-17)34-27(36)21-11-8-18(13-22(21)29)25-26(30)32-15-24(33-25)16-6-9-20(35)10-7-16/h3-5,8,11-13,15-16,20,23,31,35H,2,6-7,9-10,14H2,1H3,(H2,30,32)(H,34,36)/t16?,20?,23-/m1/s1. The highest BCUT2D eigenvalue weighted by atomic mass is 79.9. The third kappa shape index (κ3) is 6.27. The average Bonchev–Trinajstić information content (AvgIpc) is 2.87. The van der Waals surface area contributed by atoms with Crippen LogP contribution in [0.5, 0.6) is 0 Å². The molecule has 36 heavy (non-hydrogen) atoms. The molecular formula is C27H31BrFN5O2. The number of nitrogens with zero attached hydrogens (tertiary/aromatic N) is 2. The Balaban J connectivity index is 1.55. The summed E-state index contributed by atoms with van der Waals surface area (Å²) in [4.78, 5) is 22.0. The number of anilines is 1. The van der Waals surface area contributed by atoms with Crippen LogP contribution in [0.15, 0.2) is 53.1 Å². The number of rotatable bonds is 8. The molecule has 7 nitrogen and oxygen atoms in total. The lowest BCUT2D eigenvalue weighted by molar-refractivity contribution is 0.0932. The summed E-state index contributed by atoms with van der Waals surface area (Å²) in [6.07, 6.45) is 4.47. The van der Waals surface area contributed by atoms with Gasteiger partial charge < -0.3 is 21.5 Å². The highest BCUT2D eigenvalue weighted by Gasteiger charge is 2.24. The van der Waals surface area contributed by atoms with Gasteiger partial charge in [0.2, 0.25) is 0 Å². The van der Waals surface area contributed by atoms with Gasteiger partial charge >= 0.3 is 0 Å². The van der Waals surface area contributed by atoms with Gasteiger partial charge in [0.05, 0.1) is 29.6 Å². The summed E-state index contributed by atoms with van der Waals surface area (Å²) in [5.74, 6) is -0.780. The number of aliphatic hydroxyl groups excluding tert-OH is 1. The molecule has 1 aliphatic carbocycles. The van der Waals surface area contributed by atoms with E-state index in [1.54, 1.807) is 12.3 Å². The predicted molar refractivity (Wildman–Crippen MR) is 142 cm³/mol. The Kier molecular flexibility index (Phi) is 8.66. The molecule has 0 saturated heterocycles. The second kappa shape index (κ2) is 11.9. The molecule has 1 aromatic heterocycles. The zero-order valence-corrected chi connectivity index (χ0v) is 21.8. The van der Waals surface area contributed by atoms with Crippen LogP contribution < -0.4 is 16.4 Å². The van der Waals surface area contributed by atoms with E-state index in [2.05, 4.69) is 36.5 Å². The molecule has 0 spiro atoms. The number of benzene rings is 2. The van der Waals surface area contributed by atoms with E-state index in [4.69, 9.17) is 5.73 Å². The maximum absolute atomic E-state index is 15.2. The van der Waals surface area contributed by atoms with E-state index in [1.807, 2.05) is 31.2 Å². The Morgan fingerprint density at radius 2 is 2.00 bits per heavy atom. The Hall–Kier alpha value is -2.88. The van der Waals surface area contributed by atoms with Crippen molar-refractivity contribution in [3.8, 4) is 11.3 Å². The minimum Gasteiger partial charge on any atom is -0.393 e. The molecule has 190 valence electrons. The van der Waals surface area contributed by atoms with E-state index < -0.39 is 11.7 Å². The maximum Gasteiger partial charge on any atom is 0.254 e. The molecule has 1 fully saturated rings. The van der Waals surface area contributed by atoms with Crippen molar-refractivity contribution in [2.45, 2.75) is 50.7 Å². The molecule has 0 aliphatic heterocycles. The lowest BCUT2D eigenvalue weighted by Crippen LogP contribution is -2.36. The first kappa shape index (κ1) is 26.2. The highest BCUT2D eigenvalue weighted by Crippen LogP contribution is 2.34. The van der Waals surface area contributed by atoms with Gasteiger partial charge in [-0.3, -0.25) is 4.79 Å². The monoisotopic (exact) mass is 555 g/mol. The SMILES string of the molecule is CCNC[C@@H](NC(=O)c1ccc(-c2nc(C3CCC(O)CC3)cnc2N)cc1F)c1cccc(Br)c1. The molecule has 4 rings (SSSR count). The molecule has 0 radical (unpaired) electrons. The summed E-state index contributed by atoms with van der Waals surface area (Å²) < 4.78 is 16.1. The summed E-state index contributed by atoms with van der Waals surface area (Å²) >= 11 is 3.46. The molecule has 0 bridgehead atoms. The fraction of sp³-hybridized carbons (Fsp3) is 0.370. The maximum atomic E-state index is 15.2. The Morgan fingerprint density at radius 1 is 1.22 bits per heavy atom. The molecule has 1 heterocycles. The summed E-state index contributed by atoms with van der Waals surface area (Å²) in [5.41, 5.74) is 8.57. The molecule has 2 aromatic carbocycles. The summed E-state index contributed by atoms with van der Waals surface area (Å²) in [6, 6.07) is 11.7. The molecule has 5 N–H and O–H groups in total. The molecule has 1 amide bonds. The van der Waals surface area contributed by atoms with Gasteiger partial charge in [0.15, 0.2) is 0 Å². The summed E-state index contributed by atoms with van der Waals surface area (Å²) in [5, 5.41) is 16.0. The van der Waals surface area contributed by atoms with E-state index in [0.29, 0.717) is 17.8 Å². The van der Waals surface area contributed by atoms with Crippen LogP contribution in [0.4, 0.5) is 10.2 Å². The van der Waals surface area contributed by atoms with Gasteiger partial charge in [-0.25, -0.2) is 14.4 Å². The van der Waals surface area contributed by atoms with Crippen LogP contribution in [-0.4, -0.2) is 40.2 Å². The number of nitrogens with two attached hydrogens (primary N) is 1. The average molecular weight is 556 g/mol. The van der Waals surface area contributed by atoms with Crippen molar-refractivity contribution in [3.05, 3.63) is 75.8 Å². The van der Waals surface area contributed by atoms with Crippen LogP contribution in [0.25, 0.3) is 11.3 Å². The number of aromatic nitrogens is 2. The van der Waals surface area contributed by atoms with Gasteiger partial charge in [-0.1, -0.05) is 41.1 Å². The van der Waals surface area contributed by atoms with E-state index in [1.165, 1.54) is 12.1 Å². The smallest absolute Gasteiger partial charge is 0.254 e. The van der Waals surface area contributed by atoms with E-state index >= 15 is 4.39 Å². The number of carbonyl (C=O) groups is 1. The Bertz CT molecular complexity index is 1220. The number of carbonyl (C=O) groups excluding carboxylic acids is 1. The topological polar surface area (TPSA) is 113 Å². The van der Waals surface area contributed by atoms with E-state index in [0.717, 1.165) is 48.0 Å². The van der Waals surface area contributed by atoms with Gasteiger partial charge in [-0.05, 0) is 62.1 Å². The number of halogens is 2. The number of hydrogen-bond donors (Lipinski definition) is 4. The molecule has 1 aliphatic rings. The molecular weight excluding hydrogens is 525 g/mol. The molecule has 9 heteroatoms. The lowest BCUT2D eigenvalue weighted by Gasteiger charge is -2.25. The molecule has 3 aromatic rings. The van der Waals surface area contributed by atoms with Gasteiger partial charge in [0, 0.05) is 22.5 Å². The fourth-order valence-electron chi connectivity index (χ4n) is 4.54. The Morgan fingerprint density at radius 3 is 2.69 bits per heavy atom. The van der Waals surface area contributed by atoms with Crippen molar-refractivity contribution < 1.29 is 14.3 Å². The van der Waals surface area contributed by atoms with Crippen molar-refractivity contribution in [1.82, 2.24) is 20.6 Å². The van der Waals surface area contributed by atoms with Crippen molar-refractivity contribution in [3.63, 3.8) is 0 Å². The second-order valence-electron chi connectivity index (χ2n) is 9.12. The lowest BCUT2D eigenvalue weighted by atomic mass is 9.85. The first-order valence-electron chi connectivity index (χ1n) is 12.2. The van der Waals surface area contributed by atoms with Crippen LogP contribution >= 0.6 is 15.9 Å². The minimum absolute atomic E-state index is 0.0563. The summed E-state index contributed by atoms with van der Waals surface area (Å²) in [7, 11) is 0. The van der Waals surface area contributed by atoms with E-state index in [-0.39, 0.29) is 29.4 Å². The van der Waals surface area contributed by atoms with Gasteiger partial charge in [-0.2, -0.15) is 0 Å². The first-order chi connectivity index (χ1) is 17.4. The van der Waals surface area contributed by atoms with Gasteiger partial charge in [-0.15, -0.1) is 0 Å². The van der Waals surface area contributed by atoms with Crippen LogP contribution in [0.3, 0.4) is 0 Å². The third-order valence-electron chi connectivity index (χ3n) is 6.58. The number of nitrogen functional groups attached to an aromatic ring is 1. The predicted octanol–water partition coefficient (Wildman–Crippen LogP) is 4.73. The zero-order chi connectivity index (χ0) is 25.7. The largest absolute Gasteiger partial charge is 0.393 e. The minimum atomic E-state index is -0.658. The molecule has 1 atom stereocenters. The van der Waals surface area contributed by atoms with Crippen molar-refractivity contribution in [2.24, 2.45) is 0 Å². The van der Waals surface area contributed by atoms with Gasteiger partial charge in [0.1, 0.15) is 17.3 Å². The zero-order valence-electron chi connectivity index (χ0n) is 20.2. The quantitative estimate of drug-likeness (QED) is 0.319. The number of nitrogens with one attached hydrogen (secondary N) is 2. The van der Waals surface area contributed by atoms with E-state index in [9.17, 15) is 9.90 Å². The molecule has 1 saturated carbocycles. The van der Waals surface area contributed by atoms with Gasteiger partial charge in [0.25, 0.3) is 5.91 Å². The van der Waals surface area contributed by atoms with Crippen LogP contribution in [0.1, 0.15) is 66.2 Å². The van der Waals surface area contributed by atoms with Crippen molar-refractivity contribution in [2.75, 3.05) is 18.8 Å². The third-order valence-corrected chi connectivity index (χ3v) is 7.07. The summed E-state index contributed by atoms with van der Waals surface area (Å²) in [6.45, 7) is 3.24.